The van der Waals surface area contributed by atoms with Crippen LogP contribution >= 0.6 is 57.1 Å². The van der Waals surface area contributed by atoms with Gasteiger partial charge < -0.3 is 50.5 Å². The smallest absolute Gasteiger partial charge is 0.411 e. The second-order valence-electron chi connectivity index (χ2n) is 33.0. The van der Waals surface area contributed by atoms with E-state index >= 15 is 14.4 Å². The number of nitrogens with zero attached hydrogens (tertiary/aromatic N) is 6. The molecule has 116 heavy (non-hydrogen) atoms. The summed E-state index contributed by atoms with van der Waals surface area (Å²) in [5, 5.41) is 53.3. The third kappa shape index (κ3) is 22.5. The number of amides is 8. The van der Waals surface area contributed by atoms with Crippen LogP contribution in [0.5, 0.6) is 0 Å². The third-order valence-electron chi connectivity index (χ3n) is 22.5. The Labute approximate surface area is 716 Å². The van der Waals surface area contributed by atoms with Gasteiger partial charge in [-0.15, -0.1) is 45.8 Å². The topological polar surface area (TPSA) is 417 Å². The number of hydrogen-bond acceptors (Lipinski definition) is 25. The third-order valence-corrected chi connectivity index (χ3v) is 45.9. The van der Waals surface area contributed by atoms with Crippen LogP contribution in [0.1, 0.15) is 192 Å². The first kappa shape index (κ1) is 93.7. The fourth-order valence-electron chi connectivity index (χ4n) is 12.8. The van der Waals surface area contributed by atoms with E-state index in [4.69, 9.17) is 54.7 Å². The van der Waals surface area contributed by atoms with E-state index in [0.717, 1.165) is 72.4 Å². The minimum atomic E-state index is -2.74. The first-order valence-corrected chi connectivity index (χ1v) is 56.0. The van der Waals surface area contributed by atoms with Crippen molar-refractivity contribution in [2.75, 3.05) is 5.75 Å². The van der Waals surface area contributed by atoms with E-state index < -0.39 is 162 Å². The first-order chi connectivity index (χ1) is 54.4. The minimum absolute atomic E-state index is 0.00277. The Morgan fingerprint density at radius 3 is 1.78 bits per heavy atom. The van der Waals surface area contributed by atoms with Crippen molar-refractivity contribution in [2.45, 2.75) is 272 Å². The molecule has 9 rings (SSSR count). The van der Waals surface area contributed by atoms with Crippen LogP contribution in [-0.4, -0.2) is 215 Å². The Bertz CT molecular complexity index is 4530. The number of thioether (sulfide) groups is 1. The number of primary amides is 1. The van der Waals surface area contributed by atoms with Crippen molar-refractivity contribution >= 4 is 179 Å². The average molecular weight is 1870 g/mol. The van der Waals surface area contributed by atoms with Crippen molar-refractivity contribution < 1.29 is 61.8 Å². The van der Waals surface area contributed by atoms with Crippen LogP contribution in [0.25, 0.3) is 0 Å². The average Bonchev–Trinajstić information content (AvgIpc) is 1.56. The Morgan fingerprint density at radius 1 is 0.647 bits per heavy atom. The molecule has 0 radical (unpaired) electrons. The molecule has 3 aliphatic rings. The normalized spacial score (nSPS) is 22.6. The number of carbonyl (C=O) groups excluding carboxylic acids is 8. The van der Waals surface area contributed by atoms with Gasteiger partial charge in [-0.2, -0.15) is 0 Å². The number of benzene rings is 2. The van der Waals surface area contributed by atoms with Crippen LogP contribution in [0.15, 0.2) is 92.2 Å². The number of rotatable bonds is 28. The predicted octanol–water partition coefficient (Wildman–Crippen LogP) is 8.26. The quantitative estimate of drug-likeness (QED) is 0.0206. The molecule has 28 nitrogen and oxygen atoms in total. The molecule has 13 N–H and O–H groups in total. The molecular weight excluding hydrogens is 1760 g/mol. The van der Waals surface area contributed by atoms with Crippen LogP contribution in [0.4, 0.5) is 0 Å². The summed E-state index contributed by atoms with van der Waals surface area (Å²) in [5.41, 5.74) is 9.03. The molecule has 38 heteroatoms. The van der Waals surface area contributed by atoms with Crippen molar-refractivity contribution in [1.29, 1.82) is 0 Å². The fourth-order valence-corrected chi connectivity index (χ4v) is 27.6. The summed E-state index contributed by atoms with van der Waals surface area (Å²) >= 11 is 4.97. The van der Waals surface area contributed by atoms with Gasteiger partial charge in [-0.1, -0.05) is 62.3 Å². The van der Waals surface area contributed by atoms with E-state index in [2.05, 4.69) is 113 Å². The van der Waals surface area contributed by atoms with Gasteiger partial charge in [-0.05, 0) is 95.9 Å². The maximum atomic E-state index is 15.8. The van der Waals surface area contributed by atoms with Crippen molar-refractivity contribution in [2.24, 2.45) is 21.5 Å². The number of carbonyl (C=O) groups is 8. The monoisotopic (exact) mass is 1870 g/mol. The molecule has 0 spiro atoms. The van der Waals surface area contributed by atoms with E-state index in [1.807, 2.05) is 80.7 Å². The SMILES string of the molecule is CC[Si](CC)(CC)O[C@H](C)[C@@H]1NC(=O)[C@H]([C@@H](C)O[Si](C)(C)C(C)(C)C)NC(=O)c2csc(n2)[C@@]2(NC(=O)[C@H](C)N)CCC(c3nc(C(=O)N[C@H](C[Se]c4ccccc4)C(=O)N[C@H](C[Se]c4ccccc4)C(N)=O)cs3)=N[C@@H]2c2csc(n2)[C@H]([C@@H](C)O)NC(=O)c2csc(n2)[C@H]([C@](C)(O)[C@@H](C)O[Si](C)(C)C(C)(C)C)NC(=O)[C@H]2CSC1=N2. The van der Waals surface area contributed by atoms with E-state index in [9.17, 15) is 34.2 Å². The number of hydrogen-bond donors (Lipinski definition) is 11. The predicted molar refractivity (Wildman–Crippen MR) is 470 cm³/mol. The minimum Gasteiger partial charge on any atom is -0.411 e. The summed E-state index contributed by atoms with van der Waals surface area (Å²) in [6.07, 6.45) is -3.86. The van der Waals surface area contributed by atoms with Gasteiger partial charge in [0, 0.05) is 16.5 Å². The fraction of sp³-hybridized carbons (Fsp3) is 0.564. The number of aliphatic hydroxyl groups excluding tert-OH is 1. The second kappa shape index (κ2) is 39.1. The summed E-state index contributed by atoms with van der Waals surface area (Å²) in [6, 6.07) is 10.9. The zero-order chi connectivity index (χ0) is 85.4. The zero-order valence-electron chi connectivity index (χ0n) is 69.3. The molecule has 0 aliphatic carbocycles. The number of fused-ring (bicyclic) bond motifs is 10. The number of nitrogens with one attached hydrogen (secondary N) is 7. The van der Waals surface area contributed by atoms with E-state index in [-0.39, 0.29) is 107 Å². The van der Waals surface area contributed by atoms with E-state index in [1.165, 1.54) is 41.7 Å². The number of aliphatic imine (C=N–C) groups is 2. The molecule has 0 unspecified atom stereocenters. The van der Waals surface area contributed by atoms with Gasteiger partial charge >= 0.3 is 265 Å². The van der Waals surface area contributed by atoms with Gasteiger partial charge in [0.15, 0.2) is 25.0 Å². The van der Waals surface area contributed by atoms with Gasteiger partial charge in [0.05, 0.1) is 35.5 Å². The summed E-state index contributed by atoms with van der Waals surface area (Å²) in [7, 11) is -7.83. The number of aromatic nitrogens is 4. The molecule has 2 aromatic carbocycles. The second-order valence-corrected chi connectivity index (χ2v) is 56.3. The van der Waals surface area contributed by atoms with Gasteiger partial charge in [0.2, 0.25) is 17.7 Å². The maximum absolute atomic E-state index is 15.8. The van der Waals surface area contributed by atoms with Crippen molar-refractivity contribution in [1.82, 2.24) is 57.2 Å². The molecule has 15 atom stereocenters. The molecule has 632 valence electrons. The molecule has 0 saturated carbocycles. The zero-order valence-corrected chi connectivity index (χ0v) is 79.8. The Kier molecular flexibility index (Phi) is 31.6. The summed E-state index contributed by atoms with van der Waals surface area (Å²) in [6.45, 7) is 36.8. The molecular formula is C78H113N15O13S5Se2Si3. The van der Waals surface area contributed by atoms with Crippen LogP contribution < -0.4 is 57.6 Å². The van der Waals surface area contributed by atoms with Crippen LogP contribution in [0, 0.1) is 0 Å². The molecule has 7 heterocycles. The Morgan fingerprint density at radius 2 is 1.21 bits per heavy atom. The first-order valence-electron chi connectivity index (χ1n) is 39.0. The van der Waals surface area contributed by atoms with Crippen molar-refractivity contribution in [3.05, 3.63) is 125 Å². The Balaban J connectivity index is 1.18. The molecule has 4 aromatic heterocycles. The number of thiazole rings is 4. The molecule has 3 aliphatic heterocycles. The van der Waals surface area contributed by atoms with Crippen LogP contribution in [0.2, 0.25) is 65.0 Å². The summed E-state index contributed by atoms with van der Waals surface area (Å²) in [5.74, 6) is -5.25. The van der Waals surface area contributed by atoms with Crippen molar-refractivity contribution in [3.63, 3.8) is 0 Å². The number of aliphatic hydroxyl groups is 2. The molecule has 8 bridgehead atoms. The molecule has 8 amide bonds. The molecule has 6 aromatic rings. The van der Waals surface area contributed by atoms with Gasteiger partial charge in [-0.25, -0.2) is 9.97 Å². The van der Waals surface area contributed by atoms with E-state index in [0.29, 0.717) is 15.8 Å². The summed E-state index contributed by atoms with van der Waals surface area (Å²) < 4.78 is 23.0. The molecule has 0 saturated heterocycles. The van der Waals surface area contributed by atoms with E-state index in [1.54, 1.807) is 26.2 Å². The summed E-state index contributed by atoms with van der Waals surface area (Å²) in [4.78, 5) is 148. The van der Waals surface area contributed by atoms with Gasteiger partial charge in [0.25, 0.3) is 11.8 Å². The molecule has 0 fully saturated rings. The Hall–Kier alpha value is -6.14. The van der Waals surface area contributed by atoms with Crippen molar-refractivity contribution in [3.8, 4) is 0 Å². The number of nitrogens with two attached hydrogens (primary N) is 2. The van der Waals surface area contributed by atoms with Gasteiger partial charge in [0.1, 0.15) is 57.2 Å². The standard InChI is InChI=1S/C78H113N15O13S5Se2Si3/c1-20-116(21-2,22-3)105-45(7)59-72-86-53(37-109-72)67(100)92-61(77(15,103)46(8)106-115(18,19)76(12,13)14)73-87-52(38-110-73)65(98)89-57(43(5)94)71-84-50(35-108-71)60-78(93-63(96)42(4)79,74-88-54(39-111-74)66(99)90-58(69(102)91-59)44(6)104-114(16,17)75(9,10)11)34-33-49(81-60)70-85-51(36-107-70)64(97)83-56(41-113-48-31-27-24-28-32-48)68(101)82-55(62(80)95)40-112-47-29-25-23-26-30-47/h23-32,35-36,38-39,42-46,53,55-61,94,103H,20-22,33-34,37,40-41,79H2,1-19H3,(H2,80,95)(H,82,101)(H,83,97)(H,89,98)(H,90,99)(H,91,102)(H,92,100)(H,93,96)/t42-,43+,44+,45+,46+,53+,55+,56+,57-,58-,59-,60+,61+,77+,78+/m0/s1. The van der Waals surface area contributed by atoms with Crippen LogP contribution in [0.3, 0.4) is 0 Å². The van der Waals surface area contributed by atoms with Gasteiger partial charge in [-0.3, -0.25) is 29.0 Å². The van der Waals surface area contributed by atoms with Crippen LogP contribution in [-0.2, 0) is 42.8 Å².